The molecule has 1 N–H and O–H groups in total. The molecule has 1 amide bonds. The molecular formula is C21H24ClNO5. The van der Waals surface area contributed by atoms with Crippen molar-refractivity contribution in [1.82, 2.24) is 0 Å². The molecule has 2 aromatic carbocycles. The van der Waals surface area contributed by atoms with Crippen LogP contribution in [-0.2, 0) is 4.79 Å². The van der Waals surface area contributed by atoms with Crippen LogP contribution in [0.15, 0.2) is 36.4 Å². The fourth-order valence-corrected chi connectivity index (χ4v) is 2.67. The maximum atomic E-state index is 12.3. The van der Waals surface area contributed by atoms with Crippen LogP contribution in [0.5, 0.6) is 23.0 Å². The van der Waals surface area contributed by atoms with Crippen molar-refractivity contribution < 1.29 is 23.7 Å². The summed E-state index contributed by atoms with van der Waals surface area (Å²) in [6.07, 6.45) is 3.13. The molecule has 6 nitrogen and oxygen atoms in total. The van der Waals surface area contributed by atoms with Crippen molar-refractivity contribution in [1.29, 1.82) is 0 Å². The summed E-state index contributed by atoms with van der Waals surface area (Å²) in [5.74, 6) is 1.79. The Morgan fingerprint density at radius 3 is 2.25 bits per heavy atom. The number of hydrogen-bond acceptors (Lipinski definition) is 5. The van der Waals surface area contributed by atoms with Crippen LogP contribution in [0.4, 0.5) is 5.69 Å². The van der Waals surface area contributed by atoms with Gasteiger partial charge in [-0.05, 0) is 37.6 Å². The Morgan fingerprint density at radius 1 is 0.964 bits per heavy atom. The molecule has 150 valence electrons. The van der Waals surface area contributed by atoms with E-state index in [1.165, 1.54) is 20.3 Å². The first kappa shape index (κ1) is 21.4. The molecule has 0 fully saturated rings. The van der Waals surface area contributed by atoms with E-state index in [9.17, 15) is 4.79 Å². The summed E-state index contributed by atoms with van der Waals surface area (Å²) in [4.78, 5) is 12.3. The van der Waals surface area contributed by atoms with Crippen LogP contribution >= 0.6 is 11.6 Å². The van der Waals surface area contributed by atoms with E-state index < -0.39 is 0 Å². The maximum absolute atomic E-state index is 12.3. The third-order valence-electron chi connectivity index (χ3n) is 3.71. The molecule has 0 bridgehead atoms. The average molecular weight is 406 g/mol. The lowest BCUT2D eigenvalue weighted by atomic mass is 10.2. The molecule has 0 aliphatic heterocycles. The molecule has 2 aromatic rings. The quantitative estimate of drug-likeness (QED) is 0.639. The zero-order valence-corrected chi connectivity index (χ0v) is 17.3. The zero-order valence-electron chi connectivity index (χ0n) is 16.5. The summed E-state index contributed by atoms with van der Waals surface area (Å²) in [6, 6.07) is 8.64. The number of carbonyl (C=O) groups is 1. The number of amides is 1. The van der Waals surface area contributed by atoms with Crippen molar-refractivity contribution in [3.63, 3.8) is 0 Å². The predicted octanol–water partition coefficient (Wildman–Crippen LogP) is 4.80. The van der Waals surface area contributed by atoms with Gasteiger partial charge in [0.05, 0.1) is 38.1 Å². The highest BCUT2D eigenvalue weighted by Gasteiger charge is 2.12. The van der Waals surface area contributed by atoms with Crippen LogP contribution in [0.2, 0.25) is 5.02 Å². The fourth-order valence-electron chi connectivity index (χ4n) is 2.44. The van der Waals surface area contributed by atoms with Crippen LogP contribution < -0.4 is 24.3 Å². The van der Waals surface area contributed by atoms with Gasteiger partial charge in [0.1, 0.15) is 11.5 Å². The van der Waals surface area contributed by atoms with Gasteiger partial charge in [-0.3, -0.25) is 4.79 Å². The first-order valence-electron chi connectivity index (χ1n) is 8.63. The van der Waals surface area contributed by atoms with Gasteiger partial charge >= 0.3 is 0 Å². The summed E-state index contributed by atoms with van der Waals surface area (Å²) in [6.45, 7) is 3.88. The molecule has 7 heteroatoms. The van der Waals surface area contributed by atoms with Crippen LogP contribution in [0, 0.1) is 0 Å². The number of halogens is 1. The molecule has 0 saturated heterocycles. The number of hydrogen-bond donors (Lipinski definition) is 1. The molecule has 0 spiro atoms. The van der Waals surface area contributed by atoms with E-state index in [-0.39, 0.29) is 12.0 Å². The van der Waals surface area contributed by atoms with E-state index >= 15 is 0 Å². The van der Waals surface area contributed by atoms with Gasteiger partial charge in [0.2, 0.25) is 5.91 Å². The molecule has 2 rings (SSSR count). The second kappa shape index (κ2) is 9.90. The Kier molecular flexibility index (Phi) is 7.58. The Balaban J connectivity index is 2.16. The van der Waals surface area contributed by atoms with Crippen molar-refractivity contribution in [3.05, 3.63) is 47.0 Å². The molecule has 0 heterocycles. The van der Waals surface area contributed by atoms with Gasteiger partial charge in [-0.15, -0.1) is 0 Å². The lowest BCUT2D eigenvalue weighted by molar-refractivity contribution is -0.111. The number of rotatable bonds is 8. The van der Waals surface area contributed by atoms with E-state index in [2.05, 4.69) is 5.32 Å². The maximum Gasteiger partial charge on any atom is 0.248 e. The Morgan fingerprint density at radius 2 is 1.64 bits per heavy atom. The number of ether oxygens (including phenoxy) is 4. The Labute approximate surface area is 170 Å². The predicted molar refractivity (Wildman–Crippen MR) is 111 cm³/mol. The summed E-state index contributed by atoms with van der Waals surface area (Å²) < 4.78 is 21.5. The lowest BCUT2D eigenvalue weighted by Crippen LogP contribution is -2.09. The molecule has 0 aliphatic rings. The van der Waals surface area contributed by atoms with Crippen LogP contribution in [0.1, 0.15) is 19.4 Å². The van der Waals surface area contributed by atoms with E-state index in [4.69, 9.17) is 30.5 Å². The molecule has 0 radical (unpaired) electrons. The first-order valence-corrected chi connectivity index (χ1v) is 9.01. The van der Waals surface area contributed by atoms with Gasteiger partial charge in [0.25, 0.3) is 0 Å². The SMILES string of the molecule is COc1cc(NC(=O)C=Cc2ccc(OC(C)C)c(OC)c2)c(OC)cc1Cl. The second-order valence-corrected chi connectivity index (χ2v) is 6.49. The van der Waals surface area contributed by atoms with Crippen molar-refractivity contribution in [2.45, 2.75) is 20.0 Å². The van der Waals surface area contributed by atoms with Gasteiger partial charge in [-0.25, -0.2) is 0 Å². The molecule has 0 unspecified atom stereocenters. The largest absolute Gasteiger partial charge is 0.495 e. The van der Waals surface area contributed by atoms with Crippen molar-refractivity contribution in [3.8, 4) is 23.0 Å². The third kappa shape index (κ3) is 5.57. The smallest absolute Gasteiger partial charge is 0.248 e. The fraction of sp³-hybridized carbons (Fsp3) is 0.286. The summed E-state index contributed by atoms with van der Waals surface area (Å²) >= 11 is 6.08. The molecule has 0 saturated carbocycles. The van der Waals surface area contributed by atoms with Gasteiger partial charge < -0.3 is 24.3 Å². The van der Waals surface area contributed by atoms with Crippen molar-refractivity contribution >= 4 is 29.3 Å². The van der Waals surface area contributed by atoms with E-state index in [1.54, 1.807) is 31.4 Å². The van der Waals surface area contributed by atoms with Crippen molar-refractivity contribution in [2.24, 2.45) is 0 Å². The number of anilines is 1. The first-order chi connectivity index (χ1) is 13.4. The minimum Gasteiger partial charge on any atom is -0.495 e. The Hall–Kier alpha value is -2.86. The van der Waals surface area contributed by atoms with Crippen LogP contribution in [0.25, 0.3) is 6.08 Å². The Bertz CT molecular complexity index is 864. The molecule has 0 aliphatic carbocycles. The monoisotopic (exact) mass is 405 g/mol. The standard InChI is InChI=1S/C21H24ClNO5/c1-13(2)28-17-8-6-14(10-20(17)27-5)7-9-21(24)23-16-12-18(25-3)15(22)11-19(16)26-4/h6-13H,1-5H3,(H,23,24). The van der Waals surface area contributed by atoms with Crippen LogP contribution in [-0.4, -0.2) is 33.3 Å². The summed E-state index contributed by atoms with van der Waals surface area (Å²) in [7, 11) is 4.57. The number of carbonyl (C=O) groups excluding carboxylic acids is 1. The van der Waals surface area contributed by atoms with Gasteiger partial charge in [-0.2, -0.15) is 0 Å². The highest BCUT2D eigenvalue weighted by Crippen LogP contribution is 2.36. The second-order valence-electron chi connectivity index (χ2n) is 6.09. The molecular weight excluding hydrogens is 382 g/mol. The van der Waals surface area contributed by atoms with Crippen LogP contribution in [0.3, 0.4) is 0 Å². The van der Waals surface area contributed by atoms with Crippen molar-refractivity contribution in [2.75, 3.05) is 26.6 Å². The number of nitrogens with one attached hydrogen (secondary N) is 1. The van der Waals surface area contributed by atoms with Gasteiger partial charge in [-0.1, -0.05) is 17.7 Å². The molecule has 0 aromatic heterocycles. The minimum absolute atomic E-state index is 0.0346. The lowest BCUT2D eigenvalue weighted by Gasteiger charge is -2.14. The number of benzene rings is 2. The zero-order chi connectivity index (χ0) is 20.7. The highest BCUT2D eigenvalue weighted by atomic mass is 35.5. The summed E-state index contributed by atoms with van der Waals surface area (Å²) in [5.41, 5.74) is 1.25. The third-order valence-corrected chi connectivity index (χ3v) is 4.00. The number of methoxy groups -OCH3 is 3. The van der Waals surface area contributed by atoms with Gasteiger partial charge in [0, 0.05) is 18.2 Å². The van der Waals surface area contributed by atoms with E-state index in [0.717, 1.165) is 5.56 Å². The molecule has 28 heavy (non-hydrogen) atoms. The normalized spacial score (nSPS) is 10.8. The summed E-state index contributed by atoms with van der Waals surface area (Å²) in [5, 5.41) is 3.15. The molecule has 0 atom stereocenters. The van der Waals surface area contributed by atoms with E-state index in [0.29, 0.717) is 33.7 Å². The highest BCUT2D eigenvalue weighted by molar-refractivity contribution is 6.32. The minimum atomic E-state index is -0.329. The van der Waals surface area contributed by atoms with E-state index in [1.807, 2.05) is 26.0 Å². The topological polar surface area (TPSA) is 66.0 Å². The van der Waals surface area contributed by atoms with Gasteiger partial charge in [0.15, 0.2) is 11.5 Å². The average Bonchev–Trinajstić information content (AvgIpc) is 2.67.